The Balaban J connectivity index is 4.19. The Bertz CT molecular complexity index is 238. The maximum absolute atomic E-state index is 11.3. The first-order chi connectivity index (χ1) is 7.38. The quantitative estimate of drug-likeness (QED) is 0.729. The molecule has 0 rings (SSSR count). The van der Waals surface area contributed by atoms with Crippen molar-refractivity contribution in [1.29, 1.82) is 0 Å². The summed E-state index contributed by atoms with van der Waals surface area (Å²) in [4.78, 5) is 22.7. The van der Waals surface area contributed by atoms with E-state index in [0.717, 1.165) is 0 Å². The van der Waals surface area contributed by atoms with Crippen molar-refractivity contribution in [2.75, 3.05) is 13.7 Å². The molecule has 1 atom stereocenters. The average Bonchev–Trinajstić information content (AvgIpc) is 2.21. The minimum atomic E-state index is -0.662. The van der Waals surface area contributed by atoms with Crippen LogP contribution in [-0.4, -0.2) is 31.8 Å². The molecule has 0 unspecified atom stereocenters. The van der Waals surface area contributed by atoms with Crippen molar-refractivity contribution in [3.63, 3.8) is 0 Å². The second-order valence-corrected chi connectivity index (χ2v) is 4.38. The summed E-state index contributed by atoms with van der Waals surface area (Å²) < 4.78 is 9.51. The molecule has 0 spiro atoms. The first-order valence-corrected chi connectivity index (χ1v) is 5.39. The first kappa shape index (κ1) is 14.7. The van der Waals surface area contributed by atoms with Crippen LogP contribution in [0.4, 0.5) is 4.79 Å². The van der Waals surface area contributed by atoms with E-state index in [-0.39, 0.29) is 11.8 Å². The molecule has 0 saturated carbocycles. The molecule has 0 aromatic rings. The topological polar surface area (TPSA) is 64.6 Å². The van der Waals surface area contributed by atoms with Crippen molar-refractivity contribution in [2.45, 2.75) is 33.7 Å². The lowest BCUT2D eigenvalue weighted by molar-refractivity contribution is -0.144. The number of hydrogen-bond acceptors (Lipinski definition) is 4. The number of hydrogen-bond donors (Lipinski definition) is 1. The van der Waals surface area contributed by atoms with E-state index in [2.05, 4.69) is 10.1 Å². The molecule has 0 aliphatic heterocycles. The highest BCUT2D eigenvalue weighted by Crippen LogP contribution is 2.04. The predicted octanol–water partition coefficient (Wildman–Crippen LogP) is 1.57. The highest BCUT2D eigenvalue weighted by Gasteiger charge is 2.25. The summed E-state index contributed by atoms with van der Waals surface area (Å²) in [5.74, 6) is -0.239. The van der Waals surface area contributed by atoms with Crippen molar-refractivity contribution in [3.05, 3.63) is 0 Å². The van der Waals surface area contributed by atoms with Gasteiger partial charge < -0.3 is 14.8 Å². The van der Waals surface area contributed by atoms with Gasteiger partial charge in [-0.3, -0.25) is 0 Å². The SMILES string of the molecule is COC(=O)[C@H](NC(=O)OCC(C)C)C(C)C. The minimum Gasteiger partial charge on any atom is -0.467 e. The number of carbonyl (C=O) groups excluding carboxylic acids is 2. The van der Waals surface area contributed by atoms with E-state index >= 15 is 0 Å². The molecule has 0 aliphatic carbocycles. The van der Waals surface area contributed by atoms with E-state index in [1.165, 1.54) is 7.11 Å². The number of methoxy groups -OCH3 is 1. The summed E-state index contributed by atoms with van der Waals surface area (Å²) in [5, 5.41) is 2.49. The van der Waals surface area contributed by atoms with Gasteiger partial charge in [0.1, 0.15) is 6.04 Å². The van der Waals surface area contributed by atoms with Crippen LogP contribution in [0.2, 0.25) is 0 Å². The van der Waals surface area contributed by atoms with E-state index < -0.39 is 18.1 Å². The Morgan fingerprint density at radius 3 is 2.12 bits per heavy atom. The number of esters is 1. The molecule has 0 fully saturated rings. The first-order valence-electron chi connectivity index (χ1n) is 5.39. The Morgan fingerprint density at radius 1 is 1.19 bits per heavy atom. The third-order valence-corrected chi connectivity index (χ3v) is 1.94. The van der Waals surface area contributed by atoms with E-state index in [9.17, 15) is 9.59 Å². The molecule has 0 aliphatic rings. The van der Waals surface area contributed by atoms with Crippen molar-refractivity contribution in [3.8, 4) is 0 Å². The zero-order valence-electron chi connectivity index (χ0n) is 10.6. The highest BCUT2D eigenvalue weighted by molar-refractivity contribution is 5.81. The molecule has 1 N–H and O–H groups in total. The minimum absolute atomic E-state index is 0.0425. The summed E-state index contributed by atoms with van der Waals surface area (Å²) in [6.07, 6.45) is -0.585. The molecule has 16 heavy (non-hydrogen) atoms. The lowest BCUT2D eigenvalue weighted by Gasteiger charge is -2.19. The molecule has 94 valence electrons. The summed E-state index contributed by atoms with van der Waals surface area (Å²) in [6.45, 7) is 7.85. The number of ether oxygens (including phenoxy) is 2. The van der Waals surface area contributed by atoms with Gasteiger partial charge in [-0.25, -0.2) is 9.59 Å². The average molecular weight is 231 g/mol. The van der Waals surface area contributed by atoms with Gasteiger partial charge in [0.25, 0.3) is 0 Å². The van der Waals surface area contributed by atoms with Crippen LogP contribution in [0.15, 0.2) is 0 Å². The molecule has 0 bridgehead atoms. The highest BCUT2D eigenvalue weighted by atomic mass is 16.6. The van der Waals surface area contributed by atoms with Crippen LogP contribution in [0.3, 0.4) is 0 Å². The summed E-state index contributed by atoms with van der Waals surface area (Å²) >= 11 is 0. The van der Waals surface area contributed by atoms with Gasteiger partial charge in [-0.15, -0.1) is 0 Å². The molecule has 0 radical (unpaired) electrons. The molecule has 0 saturated heterocycles. The summed E-state index contributed by atoms with van der Waals surface area (Å²) in [6, 6.07) is -0.662. The third-order valence-electron chi connectivity index (χ3n) is 1.94. The van der Waals surface area contributed by atoms with Gasteiger partial charge in [-0.2, -0.15) is 0 Å². The molecular weight excluding hydrogens is 210 g/mol. The zero-order valence-corrected chi connectivity index (χ0v) is 10.6. The maximum atomic E-state index is 11.3. The van der Waals surface area contributed by atoms with Gasteiger partial charge in [0.05, 0.1) is 13.7 Å². The van der Waals surface area contributed by atoms with E-state index in [0.29, 0.717) is 6.61 Å². The standard InChI is InChI=1S/C11H21NO4/c1-7(2)6-16-11(14)12-9(8(3)4)10(13)15-5/h7-9H,6H2,1-5H3,(H,12,14)/t9-/m1/s1. The van der Waals surface area contributed by atoms with Gasteiger partial charge in [0.15, 0.2) is 0 Å². The second kappa shape index (κ2) is 7.09. The zero-order chi connectivity index (χ0) is 12.7. The van der Waals surface area contributed by atoms with E-state index in [4.69, 9.17) is 4.74 Å². The fraction of sp³-hybridized carbons (Fsp3) is 0.818. The van der Waals surface area contributed by atoms with Gasteiger partial charge >= 0.3 is 12.1 Å². The summed E-state index contributed by atoms with van der Waals surface area (Å²) in [5.41, 5.74) is 0. The molecule has 1 amide bonds. The maximum Gasteiger partial charge on any atom is 0.407 e. The van der Waals surface area contributed by atoms with Gasteiger partial charge in [0.2, 0.25) is 0 Å². The van der Waals surface area contributed by atoms with Crippen molar-refractivity contribution >= 4 is 12.1 Å². The van der Waals surface area contributed by atoms with Crippen molar-refractivity contribution in [2.24, 2.45) is 11.8 Å². The fourth-order valence-corrected chi connectivity index (χ4v) is 1.04. The lowest BCUT2D eigenvalue weighted by Crippen LogP contribution is -2.45. The Hall–Kier alpha value is -1.26. The van der Waals surface area contributed by atoms with Gasteiger partial charge in [-0.05, 0) is 11.8 Å². The van der Waals surface area contributed by atoms with Crippen LogP contribution in [0, 0.1) is 11.8 Å². The predicted molar refractivity (Wildman–Crippen MR) is 60.0 cm³/mol. The van der Waals surface area contributed by atoms with Crippen LogP contribution < -0.4 is 5.32 Å². The molecular formula is C11H21NO4. The van der Waals surface area contributed by atoms with Crippen LogP contribution in [-0.2, 0) is 14.3 Å². The van der Waals surface area contributed by atoms with Crippen LogP contribution in [0.5, 0.6) is 0 Å². The Morgan fingerprint density at radius 2 is 1.75 bits per heavy atom. The number of nitrogens with one attached hydrogen (secondary N) is 1. The largest absolute Gasteiger partial charge is 0.467 e. The number of carbonyl (C=O) groups is 2. The van der Waals surface area contributed by atoms with E-state index in [1.807, 2.05) is 27.7 Å². The molecule has 0 aromatic heterocycles. The second-order valence-electron chi connectivity index (χ2n) is 4.38. The normalized spacial score (nSPS) is 12.4. The number of alkyl carbamates (subject to hydrolysis) is 1. The molecule has 0 aromatic carbocycles. The molecule has 5 nitrogen and oxygen atoms in total. The number of rotatable bonds is 5. The van der Waals surface area contributed by atoms with Crippen LogP contribution in [0.1, 0.15) is 27.7 Å². The van der Waals surface area contributed by atoms with Gasteiger partial charge in [0, 0.05) is 0 Å². The molecule has 5 heteroatoms. The van der Waals surface area contributed by atoms with Crippen molar-refractivity contribution in [1.82, 2.24) is 5.32 Å². The third kappa shape index (κ3) is 5.58. The van der Waals surface area contributed by atoms with Crippen molar-refractivity contribution < 1.29 is 19.1 Å². The monoisotopic (exact) mass is 231 g/mol. The lowest BCUT2D eigenvalue weighted by atomic mass is 10.1. The van der Waals surface area contributed by atoms with Gasteiger partial charge in [-0.1, -0.05) is 27.7 Å². The Labute approximate surface area is 96.5 Å². The molecule has 0 heterocycles. The number of amides is 1. The fourth-order valence-electron chi connectivity index (χ4n) is 1.04. The smallest absolute Gasteiger partial charge is 0.407 e. The van der Waals surface area contributed by atoms with Crippen LogP contribution in [0.25, 0.3) is 0 Å². The van der Waals surface area contributed by atoms with Crippen LogP contribution >= 0.6 is 0 Å². The summed E-state index contributed by atoms with van der Waals surface area (Å²) in [7, 11) is 1.29. The van der Waals surface area contributed by atoms with E-state index in [1.54, 1.807) is 0 Å². The Kier molecular flexibility index (Phi) is 6.53.